The third kappa shape index (κ3) is 2.62. The van der Waals surface area contributed by atoms with Crippen LogP contribution in [0.2, 0.25) is 0 Å². The van der Waals surface area contributed by atoms with Crippen molar-refractivity contribution in [3.63, 3.8) is 0 Å². The van der Waals surface area contributed by atoms with Gasteiger partial charge in [-0.1, -0.05) is 18.2 Å². The molecular weight excluding hydrogens is 382 g/mol. The fourth-order valence-electron chi connectivity index (χ4n) is 2.96. The molecule has 27 heavy (non-hydrogen) atoms. The lowest BCUT2D eigenvalue weighted by atomic mass is 9.88. The third-order valence-electron chi connectivity index (χ3n) is 4.03. The summed E-state index contributed by atoms with van der Waals surface area (Å²) in [6.45, 7) is 0.927. The van der Waals surface area contributed by atoms with E-state index in [9.17, 15) is 35.9 Å². The molecule has 0 atom stereocenters. The van der Waals surface area contributed by atoms with Gasteiger partial charge in [0.2, 0.25) is 11.7 Å². The number of hydrogen-bond acceptors (Lipinski definition) is 3. The molecule has 2 aromatic rings. The van der Waals surface area contributed by atoms with Gasteiger partial charge in [0.25, 0.3) is 5.56 Å². The van der Waals surface area contributed by atoms with Crippen LogP contribution < -0.4 is 21.6 Å². The molecule has 0 saturated heterocycles. The van der Waals surface area contributed by atoms with E-state index < -0.39 is 46.4 Å². The molecule has 0 amide bonds. The minimum atomic E-state index is -5.94. The van der Waals surface area contributed by atoms with Crippen LogP contribution in [0.3, 0.4) is 0 Å². The maximum absolute atomic E-state index is 13.7. The van der Waals surface area contributed by atoms with Crippen LogP contribution in [0.5, 0.6) is 0 Å². The number of amidine groups is 1. The number of fused-ring (bicyclic) bond motifs is 1. The van der Waals surface area contributed by atoms with Gasteiger partial charge in [-0.3, -0.25) is 14.8 Å². The average molecular weight is 393 g/mol. The van der Waals surface area contributed by atoms with E-state index in [-0.39, 0.29) is 5.69 Å². The molecule has 0 fully saturated rings. The number of para-hydroxylation sites is 1. The van der Waals surface area contributed by atoms with Gasteiger partial charge in [-0.2, -0.15) is 26.3 Å². The maximum Gasteiger partial charge on any atom is 0.446 e. The second-order valence-corrected chi connectivity index (χ2v) is 5.77. The molecule has 1 aromatic carbocycles. The monoisotopic (exact) mass is 393 g/mol. The minimum absolute atomic E-state index is 0.0320. The Kier molecular flexibility index (Phi) is 3.97. The number of anilines is 1. The number of H-pyrrole nitrogens is 1. The van der Waals surface area contributed by atoms with Crippen molar-refractivity contribution in [2.45, 2.75) is 24.8 Å². The quantitative estimate of drug-likeness (QED) is 0.627. The highest BCUT2D eigenvalue weighted by Gasteiger charge is 2.78. The summed E-state index contributed by atoms with van der Waals surface area (Å²) in [6.07, 6.45) is -11.9. The number of aromatic amines is 1. The number of aromatic nitrogens is 2. The van der Waals surface area contributed by atoms with Crippen LogP contribution in [0, 0.1) is 0 Å². The zero-order chi connectivity index (χ0) is 20.2. The van der Waals surface area contributed by atoms with Gasteiger partial charge in [0, 0.05) is 6.92 Å². The van der Waals surface area contributed by atoms with Gasteiger partial charge in [-0.15, -0.1) is 0 Å². The van der Waals surface area contributed by atoms with Crippen LogP contribution in [-0.2, 0) is 5.54 Å². The summed E-state index contributed by atoms with van der Waals surface area (Å²) in [5.41, 5.74) is -9.41. The first-order chi connectivity index (χ1) is 12.4. The third-order valence-corrected chi connectivity index (χ3v) is 4.03. The normalized spacial score (nSPS) is 16.3. The molecule has 0 aliphatic carbocycles. The second-order valence-electron chi connectivity index (χ2n) is 5.77. The molecule has 3 rings (SSSR count). The lowest BCUT2D eigenvalue weighted by Crippen LogP contribution is -2.96. The summed E-state index contributed by atoms with van der Waals surface area (Å²) >= 11 is 0. The lowest BCUT2D eigenvalue weighted by molar-refractivity contribution is -0.659. The highest BCUT2D eigenvalue weighted by atomic mass is 19.4. The molecular formula is C15H11F6N4O2+. The zero-order valence-electron chi connectivity index (χ0n) is 13.4. The molecule has 0 radical (unpaired) electrons. The van der Waals surface area contributed by atoms with E-state index in [4.69, 9.17) is 0 Å². The van der Waals surface area contributed by atoms with Crippen LogP contribution in [0.15, 0.2) is 39.9 Å². The highest BCUT2D eigenvalue weighted by molar-refractivity contribution is 5.91. The van der Waals surface area contributed by atoms with Gasteiger partial charge in [0.15, 0.2) is 0 Å². The molecule has 2 heterocycles. The van der Waals surface area contributed by atoms with E-state index in [2.05, 4.69) is 5.32 Å². The molecule has 1 aliphatic rings. The first-order valence-electron chi connectivity index (χ1n) is 7.37. The van der Waals surface area contributed by atoms with Crippen LogP contribution in [0.4, 0.5) is 32.2 Å². The number of halogens is 6. The number of benzene rings is 1. The summed E-state index contributed by atoms with van der Waals surface area (Å²) in [6, 6.07) is 6.98. The Labute approximate surface area is 146 Å². The first kappa shape index (κ1) is 18.7. The van der Waals surface area contributed by atoms with E-state index in [0.29, 0.717) is 4.57 Å². The average Bonchev–Trinajstić information content (AvgIpc) is 2.52. The molecule has 12 heteroatoms. The Bertz CT molecular complexity index is 1020. The van der Waals surface area contributed by atoms with Crippen LogP contribution in [-0.4, -0.2) is 27.7 Å². The molecule has 0 spiro atoms. The van der Waals surface area contributed by atoms with Gasteiger partial charge >= 0.3 is 23.6 Å². The predicted octanol–water partition coefficient (Wildman–Crippen LogP) is 0.770. The smallest absolute Gasteiger partial charge is 0.273 e. The van der Waals surface area contributed by atoms with Crippen molar-refractivity contribution in [2.75, 3.05) is 5.32 Å². The van der Waals surface area contributed by atoms with Crippen molar-refractivity contribution in [3.05, 3.63) is 56.7 Å². The highest BCUT2D eigenvalue weighted by Crippen LogP contribution is 2.48. The number of rotatable bonds is 1. The summed E-state index contributed by atoms with van der Waals surface area (Å²) in [5.74, 6) is -1.55. The van der Waals surface area contributed by atoms with Crippen molar-refractivity contribution >= 4 is 11.7 Å². The largest absolute Gasteiger partial charge is 0.446 e. The van der Waals surface area contributed by atoms with E-state index >= 15 is 0 Å². The second kappa shape index (κ2) is 5.72. The van der Waals surface area contributed by atoms with E-state index in [1.807, 2.05) is 0 Å². The Morgan fingerprint density at radius 1 is 1.00 bits per heavy atom. The standard InChI is InChI=1S/C15H10F6N4O2/c1-7-22-10-9(13(24-7,14(16,17)18)15(19,20)21)11(26)23-12(27)25(10)8-5-3-2-4-6-8/h2-6H,1H3,(H,22,24)(H,23,26,27)/p+1. The Hall–Kier alpha value is -3.05. The summed E-state index contributed by atoms with van der Waals surface area (Å²) in [7, 11) is 0. The molecule has 6 nitrogen and oxygen atoms in total. The topological polar surface area (TPSA) is 80.9 Å². The molecule has 144 valence electrons. The molecule has 0 bridgehead atoms. The summed E-state index contributed by atoms with van der Waals surface area (Å²) in [4.78, 5) is 27.2. The van der Waals surface area contributed by atoms with Gasteiger partial charge < -0.3 is 0 Å². The van der Waals surface area contributed by atoms with Gasteiger partial charge in [0.1, 0.15) is 5.56 Å². The number of alkyl halides is 6. The molecule has 0 unspecified atom stereocenters. The van der Waals surface area contributed by atoms with Crippen molar-refractivity contribution < 1.29 is 31.3 Å². The molecule has 1 aromatic heterocycles. The van der Waals surface area contributed by atoms with Gasteiger partial charge in [-0.05, 0) is 12.1 Å². The van der Waals surface area contributed by atoms with Crippen LogP contribution in [0.25, 0.3) is 5.69 Å². The number of nitrogens with one attached hydrogen (secondary N) is 3. The van der Waals surface area contributed by atoms with E-state index in [1.165, 1.54) is 35.3 Å². The fraction of sp³-hybridized carbons (Fsp3) is 0.267. The number of nitrogens with zero attached hydrogens (tertiary/aromatic N) is 1. The molecule has 3 N–H and O–H groups in total. The van der Waals surface area contributed by atoms with Gasteiger partial charge in [-0.25, -0.2) is 14.7 Å². The molecule has 1 aliphatic heterocycles. The zero-order valence-corrected chi connectivity index (χ0v) is 13.4. The SMILES string of the molecule is CC1=[NH+]C(C(F)(F)F)(C(F)(F)F)c2c(n(-c3ccccc3)c(=O)[nH]c2=O)N1. The Morgan fingerprint density at radius 2 is 1.56 bits per heavy atom. The van der Waals surface area contributed by atoms with Gasteiger partial charge in [0.05, 0.1) is 5.69 Å². The number of hydrogen-bond donors (Lipinski definition) is 3. The molecule has 0 saturated carbocycles. The minimum Gasteiger partial charge on any atom is -0.273 e. The maximum atomic E-state index is 13.7. The summed E-state index contributed by atoms with van der Waals surface area (Å²) < 4.78 is 82.7. The van der Waals surface area contributed by atoms with Crippen molar-refractivity contribution in [3.8, 4) is 5.69 Å². The van der Waals surface area contributed by atoms with Crippen molar-refractivity contribution in [2.24, 2.45) is 0 Å². The predicted molar refractivity (Wildman–Crippen MR) is 81.7 cm³/mol. The van der Waals surface area contributed by atoms with Crippen LogP contribution >= 0.6 is 0 Å². The van der Waals surface area contributed by atoms with Crippen LogP contribution in [0.1, 0.15) is 12.5 Å². The van der Waals surface area contributed by atoms with Crippen molar-refractivity contribution in [1.29, 1.82) is 0 Å². The lowest BCUT2D eigenvalue weighted by Gasteiger charge is -2.34. The first-order valence-corrected chi connectivity index (χ1v) is 7.37. The fourth-order valence-corrected chi connectivity index (χ4v) is 2.96. The Balaban J connectivity index is 2.53. The Morgan fingerprint density at radius 3 is 2.07 bits per heavy atom. The van der Waals surface area contributed by atoms with Crippen molar-refractivity contribution in [1.82, 2.24) is 9.55 Å². The van der Waals surface area contributed by atoms with E-state index in [1.54, 1.807) is 4.98 Å². The van der Waals surface area contributed by atoms with E-state index in [0.717, 1.165) is 6.92 Å². The summed E-state index contributed by atoms with van der Waals surface area (Å²) in [5, 5.41) is 2.26.